The van der Waals surface area contributed by atoms with Gasteiger partial charge in [0.2, 0.25) is 5.91 Å². The van der Waals surface area contributed by atoms with Gasteiger partial charge in [0, 0.05) is 6.92 Å². The first kappa shape index (κ1) is 11.2. The van der Waals surface area contributed by atoms with E-state index in [0.29, 0.717) is 16.9 Å². The number of carboxylic acids is 1. The molecule has 0 radical (unpaired) electrons. The molecule has 1 heterocycles. The maximum atomic E-state index is 10.8. The molecule has 0 saturated carbocycles. The lowest BCUT2D eigenvalue weighted by Crippen LogP contribution is -2.11. The minimum absolute atomic E-state index is 0.0154. The van der Waals surface area contributed by atoms with Gasteiger partial charge in [0.15, 0.2) is 5.69 Å². The molecule has 0 atom stereocenters. The standard InChI is InChI=1S/C10H12N2O3/c1-5-4-8(12-7(3)13)6(2)11-9(5)10(14)15/h4H,1-3H3,(H,12,13)(H,14,15). The van der Waals surface area contributed by atoms with E-state index >= 15 is 0 Å². The van der Waals surface area contributed by atoms with E-state index in [-0.39, 0.29) is 11.6 Å². The molecule has 1 amide bonds. The van der Waals surface area contributed by atoms with Gasteiger partial charge in [-0.1, -0.05) is 0 Å². The molecule has 1 aromatic heterocycles. The fourth-order valence-electron chi connectivity index (χ4n) is 1.24. The fraction of sp³-hybridized carbons (Fsp3) is 0.300. The lowest BCUT2D eigenvalue weighted by Gasteiger charge is -2.08. The van der Waals surface area contributed by atoms with Gasteiger partial charge in [-0.05, 0) is 25.5 Å². The van der Waals surface area contributed by atoms with Crippen molar-refractivity contribution in [1.29, 1.82) is 0 Å². The third-order valence-electron chi connectivity index (χ3n) is 1.92. The van der Waals surface area contributed by atoms with Crippen molar-refractivity contribution in [2.75, 3.05) is 5.32 Å². The van der Waals surface area contributed by atoms with Gasteiger partial charge in [0.25, 0.3) is 0 Å². The second-order valence-electron chi connectivity index (χ2n) is 3.27. The van der Waals surface area contributed by atoms with Crippen molar-refractivity contribution in [3.63, 3.8) is 0 Å². The van der Waals surface area contributed by atoms with Gasteiger partial charge in [0.1, 0.15) is 0 Å². The summed E-state index contributed by atoms with van der Waals surface area (Å²) in [5.74, 6) is -1.27. The zero-order valence-electron chi connectivity index (χ0n) is 8.79. The van der Waals surface area contributed by atoms with Gasteiger partial charge in [-0.15, -0.1) is 0 Å². The van der Waals surface area contributed by atoms with Crippen molar-refractivity contribution >= 4 is 17.6 Å². The summed E-state index contributed by atoms with van der Waals surface area (Å²) in [6, 6.07) is 1.60. The predicted molar refractivity (Wildman–Crippen MR) is 55.0 cm³/mol. The Balaban J connectivity index is 3.19. The number of aromatic nitrogens is 1. The van der Waals surface area contributed by atoms with Crippen LogP contribution in [-0.2, 0) is 4.79 Å². The van der Waals surface area contributed by atoms with Crippen LogP contribution in [0.25, 0.3) is 0 Å². The summed E-state index contributed by atoms with van der Waals surface area (Å²) in [4.78, 5) is 25.5. The van der Waals surface area contributed by atoms with Crippen LogP contribution < -0.4 is 5.32 Å². The Kier molecular flexibility index (Phi) is 3.04. The Morgan fingerprint density at radius 3 is 2.47 bits per heavy atom. The monoisotopic (exact) mass is 208 g/mol. The van der Waals surface area contributed by atoms with Crippen molar-refractivity contribution < 1.29 is 14.7 Å². The second kappa shape index (κ2) is 4.08. The first-order valence-electron chi connectivity index (χ1n) is 4.41. The summed E-state index contributed by atoms with van der Waals surface area (Å²) < 4.78 is 0. The maximum absolute atomic E-state index is 10.8. The number of nitrogens with one attached hydrogen (secondary N) is 1. The number of nitrogens with zero attached hydrogens (tertiary/aromatic N) is 1. The molecule has 5 heteroatoms. The molecule has 0 aliphatic heterocycles. The number of aromatic carboxylic acids is 1. The molecular weight excluding hydrogens is 196 g/mol. The molecule has 0 unspecified atom stereocenters. The van der Waals surface area contributed by atoms with Gasteiger partial charge in [0.05, 0.1) is 11.4 Å². The first-order chi connectivity index (χ1) is 6.91. The topological polar surface area (TPSA) is 79.3 Å². The minimum atomic E-state index is -1.06. The van der Waals surface area contributed by atoms with Gasteiger partial charge in [-0.25, -0.2) is 9.78 Å². The Labute approximate surface area is 87.1 Å². The van der Waals surface area contributed by atoms with Crippen molar-refractivity contribution in [2.24, 2.45) is 0 Å². The Hall–Kier alpha value is -1.91. The third-order valence-corrected chi connectivity index (χ3v) is 1.92. The molecule has 0 saturated heterocycles. The molecule has 15 heavy (non-hydrogen) atoms. The van der Waals surface area contributed by atoms with E-state index in [1.165, 1.54) is 6.92 Å². The van der Waals surface area contributed by atoms with Crippen LogP contribution >= 0.6 is 0 Å². The number of carbonyl (C=O) groups is 2. The summed E-state index contributed by atoms with van der Waals surface area (Å²) in [7, 11) is 0. The normalized spacial score (nSPS) is 9.80. The number of hydrogen-bond acceptors (Lipinski definition) is 3. The van der Waals surface area contributed by atoms with Crippen molar-refractivity contribution in [2.45, 2.75) is 20.8 Å². The number of aryl methyl sites for hydroxylation is 2. The zero-order chi connectivity index (χ0) is 11.6. The lowest BCUT2D eigenvalue weighted by molar-refractivity contribution is -0.114. The Bertz CT molecular complexity index is 427. The van der Waals surface area contributed by atoms with Gasteiger partial charge >= 0.3 is 5.97 Å². The molecule has 0 aliphatic carbocycles. The number of amides is 1. The molecule has 0 bridgehead atoms. The smallest absolute Gasteiger partial charge is 0.354 e. The zero-order valence-corrected chi connectivity index (χ0v) is 8.79. The van der Waals surface area contributed by atoms with Crippen molar-refractivity contribution in [3.8, 4) is 0 Å². The molecule has 1 rings (SSSR count). The average Bonchev–Trinajstić information content (AvgIpc) is 2.09. The summed E-state index contributed by atoms with van der Waals surface area (Å²) in [6.07, 6.45) is 0. The van der Waals surface area contributed by atoms with E-state index in [1.54, 1.807) is 19.9 Å². The number of pyridine rings is 1. The van der Waals surface area contributed by atoms with Crippen LogP contribution in [0, 0.1) is 13.8 Å². The number of anilines is 1. The van der Waals surface area contributed by atoms with Gasteiger partial charge in [-0.2, -0.15) is 0 Å². The molecule has 0 spiro atoms. The first-order valence-corrected chi connectivity index (χ1v) is 4.41. The predicted octanol–water partition coefficient (Wildman–Crippen LogP) is 1.36. The van der Waals surface area contributed by atoms with E-state index < -0.39 is 5.97 Å². The molecule has 80 valence electrons. The highest BCUT2D eigenvalue weighted by molar-refractivity contribution is 5.91. The Morgan fingerprint density at radius 2 is 2.00 bits per heavy atom. The highest BCUT2D eigenvalue weighted by Crippen LogP contribution is 2.17. The van der Waals surface area contributed by atoms with Gasteiger partial charge < -0.3 is 10.4 Å². The Morgan fingerprint density at radius 1 is 1.40 bits per heavy atom. The van der Waals surface area contributed by atoms with Crippen LogP contribution in [0.1, 0.15) is 28.7 Å². The van der Waals surface area contributed by atoms with Crippen molar-refractivity contribution in [3.05, 3.63) is 23.0 Å². The largest absolute Gasteiger partial charge is 0.477 e. The van der Waals surface area contributed by atoms with Crippen molar-refractivity contribution in [1.82, 2.24) is 4.98 Å². The number of rotatable bonds is 2. The van der Waals surface area contributed by atoms with E-state index in [9.17, 15) is 9.59 Å². The summed E-state index contributed by atoms with van der Waals surface area (Å²) in [5.41, 5.74) is 1.58. The lowest BCUT2D eigenvalue weighted by atomic mass is 10.1. The fourth-order valence-corrected chi connectivity index (χ4v) is 1.24. The number of carboxylic acid groups (broad SMARTS) is 1. The number of carbonyl (C=O) groups excluding carboxylic acids is 1. The van der Waals surface area contributed by atoms with E-state index in [2.05, 4.69) is 10.3 Å². The van der Waals surface area contributed by atoms with Crippen LogP contribution in [0.4, 0.5) is 5.69 Å². The van der Waals surface area contributed by atoms with Crippen LogP contribution in [-0.4, -0.2) is 22.0 Å². The molecular formula is C10H12N2O3. The van der Waals surface area contributed by atoms with Crippen LogP contribution in [0.15, 0.2) is 6.07 Å². The highest BCUT2D eigenvalue weighted by atomic mass is 16.4. The molecule has 2 N–H and O–H groups in total. The third kappa shape index (κ3) is 2.52. The van der Waals surface area contributed by atoms with Gasteiger partial charge in [-0.3, -0.25) is 4.79 Å². The van der Waals surface area contributed by atoms with E-state index in [0.717, 1.165) is 0 Å². The van der Waals surface area contributed by atoms with E-state index in [4.69, 9.17) is 5.11 Å². The molecule has 0 aliphatic rings. The molecule has 0 aromatic carbocycles. The van der Waals surface area contributed by atoms with Crippen LogP contribution in [0.5, 0.6) is 0 Å². The van der Waals surface area contributed by atoms with E-state index in [1.807, 2.05) is 0 Å². The summed E-state index contributed by atoms with van der Waals surface area (Å²) >= 11 is 0. The van der Waals surface area contributed by atoms with Crippen LogP contribution in [0.2, 0.25) is 0 Å². The molecule has 0 fully saturated rings. The van der Waals surface area contributed by atoms with Crippen LogP contribution in [0.3, 0.4) is 0 Å². The highest BCUT2D eigenvalue weighted by Gasteiger charge is 2.12. The SMILES string of the molecule is CC(=O)Nc1cc(C)c(C(=O)O)nc1C. The number of hydrogen-bond donors (Lipinski definition) is 2. The molecule has 5 nitrogen and oxygen atoms in total. The summed E-state index contributed by atoms with van der Waals surface area (Å²) in [5, 5.41) is 11.4. The quantitative estimate of drug-likeness (QED) is 0.768. The summed E-state index contributed by atoms with van der Waals surface area (Å²) in [6.45, 7) is 4.68. The minimum Gasteiger partial charge on any atom is -0.477 e. The second-order valence-corrected chi connectivity index (χ2v) is 3.27. The molecule has 1 aromatic rings. The average molecular weight is 208 g/mol. The maximum Gasteiger partial charge on any atom is 0.354 e.